The zero-order valence-corrected chi connectivity index (χ0v) is 14.4. The molecule has 1 aromatic carbocycles. The maximum Gasteiger partial charge on any atom is 0.273 e. The van der Waals surface area contributed by atoms with Crippen molar-refractivity contribution >= 4 is 12.0 Å². The molecule has 2 rings (SSSR count). The third-order valence-electron chi connectivity index (χ3n) is 3.26. The summed E-state index contributed by atoms with van der Waals surface area (Å²) in [5, 5.41) is 4.15. The number of rotatable bonds is 6. The Morgan fingerprint density at radius 1 is 1.25 bits per heavy atom. The van der Waals surface area contributed by atoms with Crippen LogP contribution in [-0.4, -0.2) is 24.6 Å². The van der Waals surface area contributed by atoms with Crippen molar-refractivity contribution in [3.63, 3.8) is 0 Å². The second kappa shape index (κ2) is 7.68. The summed E-state index contributed by atoms with van der Waals surface area (Å²) in [4.78, 5) is 11.9. The second-order valence-electron chi connectivity index (χ2n) is 5.97. The van der Waals surface area contributed by atoms with Crippen LogP contribution in [0.1, 0.15) is 25.0 Å². The number of hydrogen-bond donors (Lipinski definition) is 1. The lowest BCUT2D eigenvalue weighted by atomic mass is 10.2. The number of aryl methyl sites for hydroxylation is 1. The van der Waals surface area contributed by atoms with Gasteiger partial charge in [-0.1, -0.05) is 13.8 Å². The van der Waals surface area contributed by atoms with Crippen LogP contribution in [0.2, 0.25) is 0 Å². The summed E-state index contributed by atoms with van der Waals surface area (Å²) in [6.45, 7) is 6.58. The van der Waals surface area contributed by atoms with Crippen molar-refractivity contribution in [1.29, 1.82) is 0 Å². The highest BCUT2D eigenvalue weighted by atomic mass is 16.5. The van der Waals surface area contributed by atoms with E-state index in [2.05, 4.69) is 18.9 Å². The van der Waals surface area contributed by atoms with Gasteiger partial charge in [0.05, 0.1) is 19.9 Å². The minimum atomic E-state index is -0.271. The molecular formula is C18H23N3O3. The van der Waals surface area contributed by atoms with Crippen LogP contribution in [0.25, 0.3) is 0 Å². The first-order chi connectivity index (χ1) is 11.4. The predicted molar refractivity (Wildman–Crippen MR) is 96.2 cm³/mol. The Kier molecular flexibility index (Phi) is 5.63. The number of benzene rings is 1. The molecule has 0 atom stereocenters. The van der Waals surface area contributed by atoms with Crippen LogP contribution in [0, 0.1) is 12.8 Å². The molecule has 128 valence electrons. The lowest BCUT2D eigenvalue weighted by Crippen LogP contribution is -2.19. The third kappa shape index (κ3) is 4.38. The Labute approximate surface area is 141 Å². The summed E-state index contributed by atoms with van der Waals surface area (Å²) >= 11 is 0. The summed E-state index contributed by atoms with van der Waals surface area (Å²) in [5.41, 5.74) is 7.14. The number of pyridine rings is 1. The molecule has 0 saturated carbocycles. The fourth-order valence-electron chi connectivity index (χ4n) is 2.11. The number of nitrogens with two attached hydrogens (primary N) is 1. The first-order valence-electron chi connectivity index (χ1n) is 7.75. The molecule has 24 heavy (non-hydrogen) atoms. The van der Waals surface area contributed by atoms with Gasteiger partial charge in [0.25, 0.3) is 5.56 Å². The maximum absolute atomic E-state index is 11.9. The van der Waals surface area contributed by atoms with Gasteiger partial charge in [0.15, 0.2) is 11.5 Å². The molecule has 6 nitrogen and oxygen atoms in total. The van der Waals surface area contributed by atoms with Crippen molar-refractivity contribution in [2.24, 2.45) is 11.0 Å². The summed E-state index contributed by atoms with van der Waals surface area (Å²) in [6, 6.07) is 8.65. The van der Waals surface area contributed by atoms with E-state index in [1.54, 1.807) is 25.5 Å². The van der Waals surface area contributed by atoms with Gasteiger partial charge < -0.3 is 15.2 Å². The smallest absolute Gasteiger partial charge is 0.273 e. The molecule has 6 heteroatoms. The topological polar surface area (TPSA) is 78.8 Å². The van der Waals surface area contributed by atoms with Crippen molar-refractivity contribution < 1.29 is 9.47 Å². The SMILES string of the molecule is COc1cc(/C=N\n2c(N)cc(C)cc2=O)ccc1OCC(C)C. The number of anilines is 1. The molecule has 0 spiro atoms. The average Bonchev–Trinajstić information content (AvgIpc) is 2.52. The van der Waals surface area contributed by atoms with Crippen LogP contribution in [0.3, 0.4) is 0 Å². The number of nitrogen functional groups attached to an aromatic ring is 1. The van der Waals surface area contributed by atoms with E-state index >= 15 is 0 Å². The van der Waals surface area contributed by atoms with E-state index < -0.39 is 0 Å². The minimum Gasteiger partial charge on any atom is -0.493 e. The molecule has 0 aliphatic heterocycles. The van der Waals surface area contributed by atoms with E-state index in [4.69, 9.17) is 15.2 Å². The van der Waals surface area contributed by atoms with Crippen molar-refractivity contribution in [2.45, 2.75) is 20.8 Å². The molecule has 2 aromatic rings. The summed E-state index contributed by atoms with van der Waals surface area (Å²) in [6.07, 6.45) is 1.56. The van der Waals surface area contributed by atoms with E-state index in [-0.39, 0.29) is 5.56 Å². The Morgan fingerprint density at radius 2 is 2.00 bits per heavy atom. The Morgan fingerprint density at radius 3 is 2.62 bits per heavy atom. The van der Waals surface area contributed by atoms with E-state index in [0.29, 0.717) is 29.8 Å². The molecule has 0 radical (unpaired) electrons. The van der Waals surface area contributed by atoms with Crippen LogP contribution in [0.15, 0.2) is 40.2 Å². The summed E-state index contributed by atoms with van der Waals surface area (Å²) in [7, 11) is 1.58. The van der Waals surface area contributed by atoms with Crippen LogP contribution in [0.5, 0.6) is 11.5 Å². The number of methoxy groups -OCH3 is 1. The van der Waals surface area contributed by atoms with Crippen molar-refractivity contribution in [3.05, 3.63) is 51.8 Å². The van der Waals surface area contributed by atoms with Gasteiger partial charge in [-0.3, -0.25) is 4.79 Å². The lowest BCUT2D eigenvalue weighted by Gasteiger charge is -2.12. The lowest BCUT2D eigenvalue weighted by molar-refractivity contribution is 0.257. The quantitative estimate of drug-likeness (QED) is 0.826. The fourth-order valence-corrected chi connectivity index (χ4v) is 2.11. The van der Waals surface area contributed by atoms with Gasteiger partial charge in [0.1, 0.15) is 5.82 Å². The molecular weight excluding hydrogens is 306 g/mol. The monoisotopic (exact) mass is 329 g/mol. The van der Waals surface area contributed by atoms with Gasteiger partial charge in [-0.25, -0.2) is 0 Å². The Balaban J connectivity index is 2.26. The van der Waals surface area contributed by atoms with Gasteiger partial charge in [0.2, 0.25) is 0 Å². The molecule has 1 aromatic heterocycles. The van der Waals surface area contributed by atoms with Crippen molar-refractivity contribution in [2.75, 3.05) is 19.5 Å². The number of ether oxygens (including phenoxy) is 2. The first-order valence-corrected chi connectivity index (χ1v) is 7.75. The van der Waals surface area contributed by atoms with Crippen LogP contribution in [0.4, 0.5) is 5.82 Å². The molecule has 0 bridgehead atoms. The summed E-state index contributed by atoms with van der Waals surface area (Å²) in [5.74, 6) is 2.01. The molecule has 2 N–H and O–H groups in total. The van der Waals surface area contributed by atoms with Gasteiger partial charge >= 0.3 is 0 Å². The zero-order valence-electron chi connectivity index (χ0n) is 14.4. The Hall–Kier alpha value is -2.76. The van der Waals surface area contributed by atoms with Crippen LogP contribution < -0.4 is 20.8 Å². The average molecular weight is 329 g/mol. The number of hydrogen-bond acceptors (Lipinski definition) is 5. The predicted octanol–water partition coefficient (Wildman–Crippen LogP) is 2.66. The standard InChI is InChI=1S/C18H23N3O3/c1-12(2)11-24-15-6-5-14(9-16(15)23-4)10-20-21-17(19)7-13(3)8-18(21)22/h5-10,12H,11,19H2,1-4H3/b20-10-. The molecule has 1 heterocycles. The van der Waals surface area contributed by atoms with Gasteiger partial charge in [0, 0.05) is 6.07 Å². The van der Waals surface area contributed by atoms with E-state index in [1.807, 2.05) is 19.1 Å². The van der Waals surface area contributed by atoms with Crippen LogP contribution in [-0.2, 0) is 0 Å². The van der Waals surface area contributed by atoms with Gasteiger partial charge in [-0.15, -0.1) is 0 Å². The molecule has 0 saturated heterocycles. The number of nitrogens with zero attached hydrogens (tertiary/aromatic N) is 2. The molecule has 0 unspecified atom stereocenters. The first kappa shape index (κ1) is 17.6. The maximum atomic E-state index is 11.9. The van der Waals surface area contributed by atoms with E-state index in [0.717, 1.165) is 15.8 Å². The highest BCUT2D eigenvalue weighted by Crippen LogP contribution is 2.28. The van der Waals surface area contributed by atoms with Crippen LogP contribution >= 0.6 is 0 Å². The zero-order chi connectivity index (χ0) is 17.7. The molecule has 0 aliphatic carbocycles. The Bertz CT molecular complexity index is 795. The molecule has 0 fully saturated rings. The number of aromatic nitrogens is 1. The minimum absolute atomic E-state index is 0.271. The molecule has 0 aliphatic rings. The van der Waals surface area contributed by atoms with Crippen molar-refractivity contribution in [1.82, 2.24) is 4.68 Å². The van der Waals surface area contributed by atoms with Gasteiger partial charge in [-0.2, -0.15) is 9.78 Å². The second-order valence-corrected chi connectivity index (χ2v) is 5.97. The third-order valence-corrected chi connectivity index (χ3v) is 3.26. The van der Waals surface area contributed by atoms with E-state index in [1.165, 1.54) is 6.07 Å². The van der Waals surface area contributed by atoms with Crippen molar-refractivity contribution in [3.8, 4) is 11.5 Å². The van der Waals surface area contributed by atoms with Gasteiger partial charge in [-0.05, 0) is 48.2 Å². The highest BCUT2D eigenvalue weighted by Gasteiger charge is 2.06. The largest absolute Gasteiger partial charge is 0.493 e. The van der Waals surface area contributed by atoms with E-state index in [9.17, 15) is 4.79 Å². The fraction of sp³-hybridized carbons (Fsp3) is 0.333. The molecule has 0 amide bonds. The highest BCUT2D eigenvalue weighted by molar-refractivity contribution is 5.81. The summed E-state index contributed by atoms with van der Waals surface area (Å²) < 4.78 is 12.2. The normalized spacial score (nSPS) is 11.2.